The summed E-state index contributed by atoms with van der Waals surface area (Å²) in [6.45, 7) is 0. The molecule has 0 radical (unpaired) electrons. The van der Waals surface area contributed by atoms with Crippen molar-refractivity contribution in [2.75, 3.05) is 0 Å². The molecule has 0 spiro atoms. The molecule has 0 aromatic heterocycles. The summed E-state index contributed by atoms with van der Waals surface area (Å²) in [5, 5.41) is 4.76. The van der Waals surface area contributed by atoms with E-state index in [4.69, 9.17) is 11.6 Å². The van der Waals surface area contributed by atoms with E-state index in [0.29, 0.717) is 6.04 Å². The fraction of sp³-hybridized carbons (Fsp3) is 0.400. The molecular weight excluding hydrogens is 290 g/mol. The lowest BCUT2D eigenvalue weighted by Crippen LogP contribution is -2.37. The summed E-state index contributed by atoms with van der Waals surface area (Å²) >= 11 is 6.06. The lowest BCUT2D eigenvalue weighted by Gasteiger charge is -2.29. The number of rotatable bonds is 4. The van der Waals surface area contributed by atoms with Crippen molar-refractivity contribution in [3.05, 3.63) is 70.7 Å². The van der Waals surface area contributed by atoms with Crippen LogP contribution in [-0.2, 0) is 0 Å². The summed E-state index contributed by atoms with van der Waals surface area (Å²) in [5.74, 6) is 1.84. The summed E-state index contributed by atoms with van der Waals surface area (Å²) in [6, 6.07) is 20.0. The van der Waals surface area contributed by atoms with Crippen molar-refractivity contribution in [2.24, 2.45) is 11.8 Å². The maximum atomic E-state index is 6.06. The summed E-state index contributed by atoms with van der Waals surface area (Å²) in [7, 11) is 0. The van der Waals surface area contributed by atoms with Crippen LogP contribution in [0.5, 0.6) is 0 Å². The molecule has 2 aromatic carbocycles. The SMILES string of the molecule is Clc1ccc([C@@H](N[C@H]2C[C@H]3CC[C@H]2C3)c2ccccc2)cc1. The van der Waals surface area contributed by atoms with E-state index in [-0.39, 0.29) is 6.04 Å². The van der Waals surface area contributed by atoms with E-state index in [1.165, 1.54) is 36.8 Å². The van der Waals surface area contributed by atoms with Crippen molar-refractivity contribution in [3.8, 4) is 0 Å². The van der Waals surface area contributed by atoms with E-state index >= 15 is 0 Å². The summed E-state index contributed by atoms with van der Waals surface area (Å²) in [6.07, 6.45) is 5.63. The first-order valence-electron chi connectivity index (χ1n) is 8.36. The molecule has 22 heavy (non-hydrogen) atoms. The first-order chi connectivity index (χ1) is 10.8. The number of hydrogen-bond donors (Lipinski definition) is 1. The molecule has 1 N–H and O–H groups in total. The topological polar surface area (TPSA) is 12.0 Å². The zero-order chi connectivity index (χ0) is 14.9. The Morgan fingerprint density at radius 2 is 1.59 bits per heavy atom. The molecule has 4 rings (SSSR count). The Morgan fingerprint density at radius 1 is 0.864 bits per heavy atom. The van der Waals surface area contributed by atoms with Crippen LogP contribution in [0.15, 0.2) is 54.6 Å². The van der Waals surface area contributed by atoms with E-state index in [9.17, 15) is 0 Å². The van der Waals surface area contributed by atoms with Crippen LogP contribution in [0, 0.1) is 11.8 Å². The number of hydrogen-bond acceptors (Lipinski definition) is 1. The highest BCUT2D eigenvalue weighted by atomic mass is 35.5. The third-order valence-electron chi connectivity index (χ3n) is 5.46. The Bertz CT molecular complexity index is 622. The Kier molecular flexibility index (Phi) is 3.94. The smallest absolute Gasteiger partial charge is 0.0578 e. The van der Waals surface area contributed by atoms with E-state index in [1.54, 1.807) is 0 Å². The molecule has 0 heterocycles. The number of fused-ring (bicyclic) bond motifs is 2. The highest BCUT2D eigenvalue weighted by Gasteiger charge is 2.40. The molecule has 0 saturated heterocycles. The molecule has 2 heteroatoms. The van der Waals surface area contributed by atoms with Gasteiger partial charge in [0.15, 0.2) is 0 Å². The van der Waals surface area contributed by atoms with Crippen LogP contribution in [0.3, 0.4) is 0 Å². The van der Waals surface area contributed by atoms with Gasteiger partial charge in [0.25, 0.3) is 0 Å². The minimum absolute atomic E-state index is 0.266. The summed E-state index contributed by atoms with van der Waals surface area (Å²) < 4.78 is 0. The largest absolute Gasteiger partial charge is 0.303 e. The number of nitrogens with one attached hydrogen (secondary N) is 1. The monoisotopic (exact) mass is 311 g/mol. The molecule has 2 saturated carbocycles. The van der Waals surface area contributed by atoms with Crippen LogP contribution in [-0.4, -0.2) is 6.04 Å². The fourth-order valence-corrected chi connectivity index (χ4v) is 4.47. The van der Waals surface area contributed by atoms with Crippen LogP contribution in [0.1, 0.15) is 42.9 Å². The zero-order valence-corrected chi connectivity index (χ0v) is 13.5. The third kappa shape index (κ3) is 2.80. The van der Waals surface area contributed by atoms with E-state index in [2.05, 4.69) is 47.8 Å². The third-order valence-corrected chi connectivity index (χ3v) is 5.71. The van der Waals surface area contributed by atoms with Crippen LogP contribution in [0.25, 0.3) is 0 Å². The van der Waals surface area contributed by atoms with Gasteiger partial charge in [0.2, 0.25) is 0 Å². The highest BCUT2D eigenvalue weighted by molar-refractivity contribution is 6.30. The van der Waals surface area contributed by atoms with Gasteiger partial charge in [0.1, 0.15) is 0 Å². The molecule has 2 bridgehead atoms. The lowest BCUT2D eigenvalue weighted by atomic mass is 9.92. The van der Waals surface area contributed by atoms with E-state index in [1.807, 2.05) is 12.1 Å². The molecular formula is C20H22ClN. The first kappa shape index (κ1) is 14.3. The second-order valence-electron chi connectivity index (χ2n) is 6.84. The van der Waals surface area contributed by atoms with Crippen molar-refractivity contribution >= 4 is 11.6 Å². The molecule has 0 amide bonds. The van der Waals surface area contributed by atoms with Gasteiger partial charge < -0.3 is 5.32 Å². The van der Waals surface area contributed by atoms with Crippen molar-refractivity contribution in [1.29, 1.82) is 0 Å². The van der Waals surface area contributed by atoms with Gasteiger partial charge in [0, 0.05) is 11.1 Å². The average Bonchev–Trinajstić information content (AvgIpc) is 3.17. The van der Waals surface area contributed by atoms with E-state index in [0.717, 1.165) is 16.9 Å². The van der Waals surface area contributed by atoms with Crippen molar-refractivity contribution in [2.45, 2.75) is 37.8 Å². The van der Waals surface area contributed by atoms with Crippen molar-refractivity contribution in [3.63, 3.8) is 0 Å². The van der Waals surface area contributed by atoms with Gasteiger partial charge in [-0.25, -0.2) is 0 Å². The standard InChI is InChI=1S/C20H22ClN/c21-18-10-8-16(9-11-18)20(15-4-2-1-3-5-15)22-19-13-14-6-7-17(19)12-14/h1-5,8-11,14,17,19-20,22H,6-7,12-13H2/t14-,17-,19-,20-/m0/s1. The molecule has 0 aliphatic heterocycles. The second kappa shape index (κ2) is 6.06. The van der Waals surface area contributed by atoms with Crippen LogP contribution in [0.2, 0.25) is 5.02 Å². The van der Waals surface area contributed by atoms with Crippen LogP contribution < -0.4 is 5.32 Å². The Morgan fingerprint density at radius 3 is 2.23 bits per heavy atom. The van der Waals surface area contributed by atoms with Gasteiger partial charge in [-0.15, -0.1) is 0 Å². The Hall–Kier alpha value is -1.31. The minimum Gasteiger partial charge on any atom is -0.303 e. The van der Waals surface area contributed by atoms with Gasteiger partial charge in [-0.3, -0.25) is 0 Å². The highest BCUT2D eigenvalue weighted by Crippen LogP contribution is 2.45. The maximum Gasteiger partial charge on any atom is 0.0578 e. The fourth-order valence-electron chi connectivity index (χ4n) is 4.35. The Balaban J connectivity index is 1.62. The van der Waals surface area contributed by atoms with Gasteiger partial charge in [0.05, 0.1) is 6.04 Å². The Labute approximate surface area is 137 Å². The van der Waals surface area contributed by atoms with Crippen molar-refractivity contribution < 1.29 is 0 Å². The van der Waals surface area contributed by atoms with Crippen LogP contribution in [0.4, 0.5) is 0 Å². The molecule has 0 unspecified atom stereocenters. The van der Waals surface area contributed by atoms with Crippen molar-refractivity contribution in [1.82, 2.24) is 5.32 Å². The summed E-state index contributed by atoms with van der Waals surface area (Å²) in [5.41, 5.74) is 2.64. The predicted octanol–water partition coefficient (Wildman–Crippen LogP) is 5.21. The maximum absolute atomic E-state index is 6.06. The molecule has 114 valence electrons. The molecule has 2 fully saturated rings. The molecule has 2 aromatic rings. The van der Waals surface area contributed by atoms with Gasteiger partial charge in [-0.1, -0.05) is 60.5 Å². The lowest BCUT2D eigenvalue weighted by molar-refractivity contribution is 0.334. The molecule has 1 nitrogen and oxygen atoms in total. The molecule has 4 atom stereocenters. The van der Waals surface area contributed by atoms with Gasteiger partial charge >= 0.3 is 0 Å². The number of benzene rings is 2. The van der Waals surface area contributed by atoms with Gasteiger partial charge in [-0.05, 0) is 54.4 Å². The normalized spacial score (nSPS) is 28.0. The first-order valence-corrected chi connectivity index (χ1v) is 8.74. The molecule has 2 aliphatic carbocycles. The minimum atomic E-state index is 0.266. The van der Waals surface area contributed by atoms with E-state index < -0.39 is 0 Å². The quantitative estimate of drug-likeness (QED) is 0.817. The van der Waals surface area contributed by atoms with Gasteiger partial charge in [-0.2, -0.15) is 0 Å². The number of halogens is 1. The second-order valence-corrected chi connectivity index (χ2v) is 7.28. The van der Waals surface area contributed by atoms with Crippen LogP contribution >= 0.6 is 11.6 Å². The summed E-state index contributed by atoms with van der Waals surface area (Å²) in [4.78, 5) is 0. The zero-order valence-electron chi connectivity index (χ0n) is 12.7. The molecule has 2 aliphatic rings. The average molecular weight is 312 g/mol. The predicted molar refractivity (Wildman–Crippen MR) is 92.1 cm³/mol.